The van der Waals surface area contributed by atoms with Crippen molar-refractivity contribution < 1.29 is 52.8 Å². The molecule has 0 saturated carbocycles. The van der Waals surface area contributed by atoms with Gasteiger partial charge in [0.2, 0.25) is 0 Å². The number of aromatic nitrogens is 1. The molecular weight excluding hydrogens is 729 g/mol. The quantitative estimate of drug-likeness (QED) is 0.208. The number of hydrogen-bond donors (Lipinski definition) is 0. The maximum atomic E-state index is 14.9. The van der Waals surface area contributed by atoms with Crippen molar-refractivity contribution in [3.05, 3.63) is 90.3 Å². The highest BCUT2D eigenvalue weighted by Gasteiger charge is 2.65. The number of likely N-dealkylation sites (tertiary alicyclic amines) is 1. The van der Waals surface area contributed by atoms with Crippen molar-refractivity contribution >= 4 is 39.9 Å². The number of nitrogens with zero attached hydrogens (tertiary/aromatic N) is 5. The fourth-order valence-electron chi connectivity index (χ4n) is 5.99. The summed E-state index contributed by atoms with van der Waals surface area (Å²) in [6, 6.07) is 10.2. The van der Waals surface area contributed by atoms with E-state index >= 15 is 0 Å². The summed E-state index contributed by atoms with van der Waals surface area (Å²) in [6.45, 7) is 4.55. The Morgan fingerprint density at radius 1 is 0.906 bits per heavy atom. The van der Waals surface area contributed by atoms with Gasteiger partial charge in [-0.1, -0.05) is 55.8 Å². The lowest BCUT2D eigenvalue weighted by Gasteiger charge is -2.41. The first kappa shape index (κ1) is 39.2. The molecule has 0 spiro atoms. The van der Waals surface area contributed by atoms with Crippen LogP contribution in [0.2, 0.25) is 0 Å². The van der Waals surface area contributed by atoms with Crippen LogP contribution in [0.5, 0.6) is 0 Å². The standard InChI is InChI=1S/C35H40F5N5O7S/c1-35(2,3)52-33(48)43-18-17-42(23-43)32(47)30(25-11-8-16-41-20-25)45(26-12-14-28(15-13-26)53(36,37,38,39)40)31(46)29-19-27(50-4)21-44(29)34(49)51-22-24-9-6-5-7-10-24/h5-16,20,27,29-30H,17-19,21-23H2,1-4H3/t27-,29-,30?/m1/s1. The lowest BCUT2D eigenvalue weighted by molar-refractivity contribution is -0.135. The molecular formula is C35H40F5N5O7S. The molecule has 4 amide bonds. The second-order valence-corrected chi connectivity index (χ2v) is 16.1. The van der Waals surface area contributed by atoms with Gasteiger partial charge in [-0.25, -0.2) is 9.59 Å². The van der Waals surface area contributed by atoms with E-state index in [1.807, 2.05) is 0 Å². The highest BCUT2D eigenvalue weighted by molar-refractivity contribution is 8.45. The zero-order valence-electron chi connectivity index (χ0n) is 29.4. The molecule has 18 heteroatoms. The first-order valence-corrected chi connectivity index (χ1v) is 18.4. The van der Waals surface area contributed by atoms with Gasteiger partial charge in [-0.3, -0.25) is 29.3 Å². The zero-order valence-corrected chi connectivity index (χ0v) is 30.2. The molecule has 1 aromatic heterocycles. The maximum absolute atomic E-state index is 14.9. The number of hydrogen-bond acceptors (Lipinski definition) is 8. The van der Waals surface area contributed by atoms with Crippen LogP contribution in [0.25, 0.3) is 0 Å². The highest BCUT2D eigenvalue weighted by Crippen LogP contribution is 3.02. The predicted octanol–water partition coefficient (Wildman–Crippen LogP) is 7.28. The average Bonchev–Trinajstić information content (AvgIpc) is 3.77. The minimum Gasteiger partial charge on any atom is -0.445 e. The molecule has 0 bridgehead atoms. The minimum atomic E-state index is -10.1. The molecule has 12 nitrogen and oxygen atoms in total. The number of amides is 4. The van der Waals surface area contributed by atoms with Crippen molar-refractivity contribution in [1.29, 1.82) is 0 Å². The molecule has 3 heterocycles. The lowest BCUT2D eigenvalue weighted by atomic mass is 10.0. The van der Waals surface area contributed by atoms with Gasteiger partial charge >= 0.3 is 22.4 Å². The molecule has 2 aromatic carbocycles. The molecule has 2 aliphatic heterocycles. The van der Waals surface area contributed by atoms with E-state index in [1.54, 1.807) is 51.1 Å². The van der Waals surface area contributed by atoms with Crippen molar-refractivity contribution in [1.82, 2.24) is 19.7 Å². The van der Waals surface area contributed by atoms with Crippen LogP contribution >= 0.6 is 10.2 Å². The van der Waals surface area contributed by atoms with Gasteiger partial charge in [-0.15, -0.1) is 0 Å². The molecule has 2 fully saturated rings. The van der Waals surface area contributed by atoms with Crippen LogP contribution in [0.4, 0.5) is 34.7 Å². The summed E-state index contributed by atoms with van der Waals surface area (Å²) in [6.07, 6.45) is 0.280. The van der Waals surface area contributed by atoms with Crippen molar-refractivity contribution in [3.8, 4) is 0 Å². The Bertz CT molecular complexity index is 1820. The summed E-state index contributed by atoms with van der Waals surface area (Å²) < 4.78 is 85.4. The number of halogens is 5. The van der Waals surface area contributed by atoms with Crippen LogP contribution in [0, 0.1) is 0 Å². The Labute approximate surface area is 303 Å². The van der Waals surface area contributed by atoms with Crippen LogP contribution in [0.1, 0.15) is 44.4 Å². The number of pyridine rings is 1. The highest BCUT2D eigenvalue weighted by atomic mass is 32.5. The lowest BCUT2D eigenvalue weighted by Crippen LogP contribution is -2.52. The van der Waals surface area contributed by atoms with Gasteiger partial charge in [0.1, 0.15) is 29.2 Å². The Hall–Kier alpha value is -4.97. The fourth-order valence-corrected chi connectivity index (χ4v) is 6.64. The first-order valence-electron chi connectivity index (χ1n) is 16.5. The van der Waals surface area contributed by atoms with Gasteiger partial charge < -0.3 is 19.1 Å². The third kappa shape index (κ3) is 9.53. The summed E-state index contributed by atoms with van der Waals surface area (Å²) >= 11 is 0. The molecule has 5 rings (SSSR count). The monoisotopic (exact) mass is 769 g/mol. The van der Waals surface area contributed by atoms with Crippen LogP contribution in [-0.2, 0) is 30.4 Å². The molecule has 3 atom stereocenters. The largest absolute Gasteiger partial charge is 0.445 e. The van der Waals surface area contributed by atoms with E-state index in [0.717, 1.165) is 9.80 Å². The number of carbonyl (C=O) groups excluding carboxylic acids is 4. The van der Waals surface area contributed by atoms with Gasteiger partial charge in [0, 0.05) is 50.3 Å². The molecule has 2 aliphatic rings. The summed E-state index contributed by atoms with van der Waals surface area (Å²) in [7, 11) is -8.77. The van der Waals surface area contributed by atoms with Gasteiger partial charge in [0.05, 0.1) is 19.3 Å². The van der Waals surface area contributed by atoms with E-state index < -0.39 is 62.9 Å². The Morgan fingerprint density at radius 2 is 1.57 bits per heavy atom. The van der Waals surface area contributed by atoms with Crippen molar-refractivity contribution in [2.45, 2.75) is 62.5 Å². The molecule has 0 N–H and O–H groups in total. The van der Waals surface area contributed by atoms with Crippen molar-refractivity contribution in [2.75, 3.05) is 38.3 Å². The average molecular weight is 770 g/mol. The van der Waals surface area contributed by atoms with E-state index in [4.69, 9.17) is 14.2 Å². The number of rotatable bonds is 9. The van der Waals surface area contributed by atoms with E-state index in [-0.39, 0.29) is 62.7 Å². The Morgan fingerprint density at radius 3 is 2.15 bits per heavy atom. The van der Waals surface area contributed by atoms with E-state index in [2.05, 4.69) is 4.98 Å². The predicted molar refractivity (Wildman–Crippen MR) is 184 cm³/mol. The van der Waals surface area contributed by atoms with E-state index in [0.29, 0.717) is 17.7 Å². The number of carbonyl (C=O) groups is 4. The SMILES string of the molecule is CO[C@@H]1C[C@H](C(=O)N(c2ccc(S(F)(F)(F)(F)F)cc2)C(C(=O)N2CCN(C(=O)OC(C)(C)C)C2)c2cccnc2)N(C(=O)OCc2ccccc2)C1. The maximum Gasteiger partial charge on any atom is 0.411 e. The summed E-state index contributed by atoms with van der Waals surface area (Å²) in [5.74, 6) is -1.71. The normalized spacial score (nSPS) is 19.6. The van der Waals surface area contributed by atoms with Gasteiger partial charge in [-0.05, 0) is 56.7 Å². The van der Waals surface area contributed by atoms with Crippen LogP contribution in [-0.4, -0.2) is 94.8 Å². The molecule has 53 heavy (non-hydrogen) atoms. The van der Waals surface area contributed by atoms with E-state index in [9.17, 15) is 38.6 Å². The second-order valence-electron chi connectivity index (χ2n) is 13.6. The molecule has 1 unspecified atom stereocenters. The molecule has 0 aliphatic carbocycles. The second kappa shape index (κ2) is 14.1. The first-order chi connectivity index (χ1) is 24.6. The Kier molecular flexibility index (Phi) is 10.4. The smallest absolute Gasteiger partial charge is 0.411 e. The third-order valence-corrected chi connectivity index (χ3v) is 9.72. The van der Waals surface area contributed by atoms with Gasteiger partial charge in [0.15, 0.2) is 0 Å². The number of ether oxygens (including phenoxy) is 3. The topological polar surface area (TPSA) is 122 Å². The summed E-state index contributed by atoms with van der Waals surface area (Å²) in [5, 5.41) is 0. The Balaban J connectivity index is 1.56. The molecule has 288 valence electrons. The van der Waals surface area contributed by atoms with Gasteiger partial charge in [0.25, 0.3) is 11.8 Å². The number of benzene rings is 2. The van der Waals surface area contributed by atoms with Crippen molar-refractivity contribution in [3.63, 3.8) is 0 Å². The third-order valence-electron chi connectivity index (χ3n) is 8.56. The van der Waals surface area contributed by atoms with Gasteiger partial charge in [-0.2, -0.15) is 0 Å². The molecule has 2 saturated heterocycles. The zero-order chi connectivity index (χ0) is 38.8. The summed E-state index contributed by atoms with van der Waals surface area (Å²) in [4.78, 5) is 62.1. The minimum absolute atomic E-state index is 0.00681. The van der Waals surface area contributed by atoms with Crippen LogP contribution in [0.3, 0.4) is 0 Å². The number of methoxy groups -OCH3 is 1. The fraction of sp³-hybridized carbons (Fsp3) is 0.400. The summed E-state index contributed by atoms with van der Waals surface area (Å²) in [5.41, 5.74) is -0.431. The van der Waals surface area contributed by atoms with Crippen LogP contribution in [0.15, 0.2) is 84.0 Å². The number of anilines is 1. The molecule has 0 radical (unpaired) electrons. The van der Waals surface area contributed by atoms with Crippen LogP contribution < -0.4 is 4.90 Å². The molecule has 3 aromatic rings. The van der Waals surface area contributed by atoms with E-state index in [1.165, 1.54) is 41.4 Å². The van der Waals surface area contributed by atoms with Crippen molar-refractivity contribution in [2.24, 2.45) is 0 Å².